The third-order valence-corrected chi connectivity index (χ3v) is 3.26. The first-order valence-electron chi connectivity index (χ1n) is 7.29. The van der Waals surface area contributed by atoms with Crippen molar-refractivity contribution >= 4 is 5.96 Å². The Balaban J connectivity index is 1.99. The van der Waals surface area contributed by atoms with Crippen molar-refractivity contribution in [2.45, 2.75) is 33.9 Å². The van der Waals surface area contributed by atoms with Crippen molar-refractivity contribution in [2.75, 3.05) is 6.54 Å². The normalized spacial score (nSPS) is 11.5. The van der Waals surface area contributed by atoms with Crippen LogP contribution in [0.1, 0.15) is 29.4 Å². The van der Waals surface area contributed by atoms with Crippen molar-refractivity contribution < 1.29 is 4.42 Å². The van der Waals surface area contributed by atoms with Crippen molar-refractivity contribution in [3.05, 3.63) is 59.0 Å². The molecule has 2 rings (SSSR count). The Kier molecular flexibility index (Phi) is 5.43. The van der Waals surface area contributed by atoms with Gasteiger partial charge in [0.05, 0.1) is 19.4 Å². The topological polar surface area (TPSA) is 49.6 Å². The summed E-state index contributed by atoms with van der Waals surface area (Å²) in [6.07, 6.45) is 1.68. The molecule has 0 bridgehead atoms. The molecule has 0 amide bonds. The lowest BCUT2D eigenvalue weighted by molar-refractivity contribution is 0.501. The number of furan rings is 1. The molecule has 0 spiro atoms. The zero-order chi connectivity index (χ0) is 15.1. The third-order valence-electron chi connectivity index (χ3n) is 3.26. The minimum atomic E-state index is 0.631. The highest BCUT2D eigenvalue weighted by Gasteiger charge is 2.01. The quantitative estimate of drug-likeness (QED) is 0.655. The van der Waals surface area contributed by atoms with Crippen LogP contribution in [0.2, 0.25) is 0 Å². The predicted molar refractivity (Wildman–Crippen MR) is 86.3 cm³/mol. The third kappa shape index (κ3) is 4.67. The summed E-state index contributed by atoms with van der Waals surface area (Å²) in [5.74, 6) is 1.70. The van der Waals surface area contributed by atoms with Crippen LogP contribution in [0.15, 0.2) is 46.0 Å². The van der Waals surface area contributed by atoms with Gasteiger partial charge < -0.3 is 15.1 Å². The van der Waals surface area contributed by atoms with E-state index >= 15 is 0 Å². The molecule has 1 aromatic carbocycles. The molecule has 112 valence electrons. The van der Waals surface area contributed by atoms with Crippen LogP contribution in [0.3, 0.4) is 0 Å². The second kappa shape index (κ2) is 7.53. The minimum absolute atomic E-state index is 0.631. The van der Waals surface area contributed by atoms with Gasteiger partial charge in [-0.3, -0.25) is 0 Å². The highest BCUT2D eigenvalue weighted by atomic mass is 16.3. The summed E-state index contributed by atoms with van der Waals surface area (Å²) in [4.78, 5) is 4.63. The van der Waals surface area contributed by atoms with Gasteiger partial charge in [0.1, 0.15) is 5.76 Å². The van der Waals surface area contributed by atoms with E-state index in [1.807, 2.05) is 12.1 Å². The van der Waals surface area contributed by atoms with E-state index in [0.29, 0.717) is 13.1 Å². The second-order valence-electron chi connectivity index (χ2n) is 5.06. The molecule has 4 nitrogen and oxygen atoms in total. The molecular weight excluding hydrogens is 262 g/mol. The zero-order valence-electron chi connectivity index (χ0n) is 12.9. The molecular formula is C17H23N3O. The summed E-state index contributed by atoms with van der Waals surface area (Å²) >= 11 is 0. The molecule has 1 heterocycles. The van der Waals surface area contributed by atoms with Crippen LogP contribution < -0.4 is 10.6 Å². The molecule has 21 heavy (non-hydrogen) atoms. The number of nitrogens with zero attached hydrogens (tertiary/aromatic N) is 1. The number of hydrogen-bond donors (Lipinski definition) is 2. The molecule has 0 aliphatic rings. The fraction of sp³-hybridized carbons (Fsp3) is 0.353. The summed E-state index contributed by atoms with van der Waals surface area (Å²) in [5, 5.41) is 6.51. The van der Waals surface area contributed by atoms with Gasteiger partial charge in [0.2, 0.25) is 0 Å². The average molecular weight is 285 g/mol. The van der Waals surface area contributed by atoms with E-state index in [4.69, 9.17) is 4.42 Å². The summed E-state index contributed by atoms with van der Waals surface area (Å²) in [6, 6.07) is 10.3. The Bertz CT molecular complexity index is 588. The lowest BCUT2D eigenvalue weighted by Crippen LogP contribution is -2.36. The van der Waals surface area contributed by atoms with Gasteiger partial charge in [-0.25, -0.2) is 4.99 Å². The van der Waals surface area contributed by atoms with Crippen LogP contribution in [0, 0.1) is 13.8 Å². The van der Waals surface area contributed by atoms with Gasteiger partial charge in [-0.05, 0) is 44.0 Å². The maximum absolute atomic E-state index is 5.31. The molecule has 0 aliphatic heterocycles. The van der Waals surface area contributed by atoms with E-state index in [2.05, 4.69) is 54.6 Å². The molecule has 4 heteroatoms. The molecule has 0 aliphatic carbocycles. The second-order valence-corrected chi connectivity index (χ2v) is 5.06. The maximum atomic E-state index is 5.31. The van der Waals surface area contributed by atoms with Gasteiger partial charge in [0, 0.05) is 6.54 Å². The Labute approximate surface area is 126 Å². The fourth-order valence-electron chi connectivity index (χ4n) is 2.11. The van der Waals surface area contributed by atoms with Crippen LogP contribution in [0.4, 0.5) is 0 Å². The van der Waals surface area contributed by atoms with Crippen LogP contribution in [0.25, 0.3) is 0 Å². The smallest absolute Gasteiger partial charge is 0.191 e. The number of guanidine groups is 1. The van der Waals surface area contributed by atoms with Gasteiger partial charge in [-0.15, -0.1) is 0 Å². The highest BCUT2D eigenvalue weighted by molar-refractivity contribution is 5.79. The minimum Gasteiger partial charge on any atom is -0.467 e. The van der Waals surface area contributed by atoms with Gasteiger partial charge in [0.15, 0.2) is 5.96 Å². The Hall–Kier alpha value is -2.23. The molecule has 1 aromatic heterocycles. The van der Waals surface area contributed by atoms with Crippen molar-refractivity contribution in [3.8, 4) is 0 Å². The van der Waals surface area contributed by atoms with Gasteiger partial charge in [-0.2, -0.15) is 0 Å². The summed E-state index contributed by atoms with van der Waals surface area (Å²) in [7, 11) is 0. The molecule has 0 unspecified atom stereocenters. The number of benzene rings is 1. The number of rotatable bonds is 5. The molecule has 2 aromatic rings. The van der Waals surface area contributed by atoms with Gasteiger partial charge in [0.25, 0.3) is 0 Å². The van der Waals surface area contributed by atoms with Crippen LogP contribution in [-0.4, -0.2) is 12.5 Å². The lowest BCUT2D eigenvalue weighted by Gasteiger charge is -2.11. The first kappa shape index (κ1) is 15.2. The first-order valence-corrected chi connectivity index (χ1v) is 7.29. The Morgan fingerprint density at radius 2 is 2.05 bits per heavy atom. The van der Waals surface area contributed by atoms with Crippen molar-refractivity contribution in [1.29, 1.82) is 0 Å². The monoisotopic (exact) mass is 285 g/mol. The van der Waals surface area contributed by atoms with Crippen LogP contribution in [-0.2, 0) is 13.1 Å². The van der Waals surface area contributed by atoms with E-state index in [9.17, 15) is 0 Å². The van der Waals surface area contributed by atoms with Crippen LogP contribution in [0.5, 0.6) is 0 Å². The fourth-order valence-corrected chi connectivity index (χ4v) is 2.11. The maximum Gasteiger partial charge on any atom is 0.191 e. The van der Waals surface area contributed by atoms with Crippen molar-refractivity contribution in [1.82, 2.24) is 10.6 Å². The lowest BCUT2D eigenvalue weighted by atomic mass is 10.1. The SMILES string of the molecule is CCNC(=NCc1ccc(C)cc1C)NCc1ccco1. The van der Waals surface area contributed by atoms with E-state index < -0.39 is 0 Å². The van der Waals surface area contributed by atoms with E-state index in [1.54, 1.807) is 6.26 Å². The van der Waals surface area contributed by atoms with Crippen molar-refractivity contribution in [2.24, 2.45) is 4.99 Å². The average Bonchev–Trinajstić information content (AvgIpc) is 2.96. The molecule has 0 saturated heterocycles. The predicted octanol–water partition coefficient (Wildman–Crippen LogP) is 3.15. The van der Waals surface area contributed by atoms with Crippen molar-refractivity contribution in [3.63, 3.8) is 0 Å². The van der Waals surface area contributed by atoms with E-state index in [0.717, 1.165) is 18.3 Å². The Morgan fingerprint density at radius 1 is 1.19 bits per heavy atom. The number of nitrogens with one attached hydrogen (secondary N) is 2. The first-order chi connectivity index (χ1) is 10.2. The number of aryl methyl sites for hydroxylation is 2. The Morgan fingerprint density at radius 3 is 2.71 bits per heavy atom. The highest BCUT2D eigenvalue weighted by Crippen LogP contribution is 2.11. The van der Waals surface area contributed by atoms with E-state index in [-0.39, 0.29) is 0 Å². The summed E-state index contributed by atoms with van der Waals surface area (Å²) in [6.45, 7) is 8.42. The summed E-state index contributed by atoms with van der Waals surface area (Å²) in [5.41, 5.74) is 3.81. The molecule has 2 N–H and O–H groups in total. The van der Waals surface area contributed by atoms with E-state index in [1.165, 1.54) is 16.7 Å². The molecule has 0 radical (unpaired) electrons. The van der Waals surface area contributed by atoms with Crippen LogP contribution >= 0.6 is 0 Å². The summed E-state index contributed by atoms with van der Waals surface area (Å²) < 4.78 is 5.31. The van der Waals surface area contributed by atoms with Gasteiger partial charge >= 0.3 is 0 Å². The standard InChI is InChI=1S/C17H23N3O/c1-4-18-17(20-12-16-6-5-9-21-16)19-11-15-8-7-13(2)10-14(15)3/h5-10H,4,11-12H2,1-3H3,(H2,18,19,20). The zero-order valence-corrected chi connectivity index (χ0v) is 12.9. The largest absolute Gasteiger partial charge is 0.467 e. The number of hydrogen-bond acceptors (Lipinski definition) is 2. The molecule has 0 saturated carbocycles. The molecule has 0 atom stereocenters. The van der Waals surface area contributed by atoms with Gasteiger partial charge in [-0.1, -0.05) is 23.8 Å². The number of aliphatic imine (C=N–C) groups is 1. The molecule has 0 fully saturated rings.